The molecule has 3 atom stereocenters. The van der Waals surface area contributed by atoms with E-state index in [1.807, 2.05) is 6.92 Å². The average Bonchev–Trinajstić information content (AvgIpc) is 3.31. The molecule has 0 aromatic carbocycles. The van der Waals surface area contributed by atoms with Crippen LogP contribution in [0.4, 0.5) is 0 Å². The van der Waals surface area contributed by atoms with Crippen molar-refractivity contribution in [2.75, 3.05) is 13.1 Å². The van der Waals surface area contributed by atoms with Gasteiger partial charge >= 0.3 is 0 Å². The molecule has 1 amide bonds. The fourth-order valence-electron chi connectivity index (χ4n) is 3.43. The minimum atomic E-state index is 0.0486. The van der Waals surface area contributed by atoms with E-state index in [-0.39, 0.29) is 6.04 Å². The van der Waals surface area contributed by atoms with Crippen LogP contribution in [0.2, 0.25) is 0 Å². The Morgan fingerprint density at radius 2 is 2.17 bits per heavy atom. The zero-order valence-electron chi connectivity index (χ0n) is 14.4. The summed E-state index contributed by atoms with van der Waals surface area (Å²) in [6.07, 6.45) is 5.03. The van der Waals surface area contributed by atoms with E-state index in [0.29, 0.717) is 29.7 Å². The lowest BCUT2D eigenvalue weighted by Crippen LogP contribution is -2.51. The van der Waals surface area contributed by atoms with Crippen molar-refractivity contribution in [1.82, 2.24) is 20.4 Å². The molecule has 1 saturated heterocycles. The molecule has 1 N–H and O–H groups in total. The number of likely N-dealkylation sites (tertiary alicyclic amines) is 1. The van der Waals surface area contributed by atoms with Crippen molar-refractivity contribution in [3.05, 3.63) is 11.7 Å². The van der Waals surface area contributed by atoms with Crippen molar-refractivity contribution in [3.8, 4) is 0 Å². The van der Waals surface area contributed by atoms with Crippen molar-refractivity contribution in [2.24, 2.45) is 11.8 Å². The predicted octanol–water partition coefficient (Wildman–Crippen LogP) is 2.32. The zero-order valence-corrected chi connectivity index (χ0v) is 14.4. The Bertz CT molecular complexity index is 540. The van der Waals surface area contributed by atoms with Gasteiger partial charge in [0.05, 0.1) is 6.04 Å². The van der Waals surface area contributed by atoms with Gasteiger partial charge in [0, 0.05) is 31.5 Å². The minimum absolute atomic E-state index is 0.0486. The maximum absolute atomic E-state index is 12.3. The number of nitrogens with zero attached hydrogens (tertiary/aromatic N) is 3. The highest BCUT2D eigenvalue weighted by atomic mass is 16.5. The second-order valence-electron chi connectivity index (χ2n) is 6.91. The molecule has 6 heteroatoms. The summed E-state index contributed by atoms with van der Waals surface area (Å²) in [4.78, 5) is 18.8. The molecule has 1 aliphatic carbocycles. The Balaban J connectivity index is 1.57. The second-order valence-corrected chi connectivity index (χ2v) is 6.91. The van der Waals surface area contributed by atoms with E-state index in [9.17, 15) is 4.79 Å². The molecule has 0 radical (unpaired) electrons. The Hall–Kier alpha value is -1.43. The highest BCUT2D eigenvalue weighted by molar-refractivity contribution is 5.81. The lowest BCUT2D eigenvalue weighted by atomic mass is 9.89. The normalized spacial score (nSPS) is 26.3. The van der Waals surface area contributed by atoms with E-state index in [4.69, 9.17) is 4.52 Å². The van der Waals surface area contributed by atoms with Crippen molar-refractivity contribution >= 4 is 5.91 Å². The third-order valence-corrected chi connectivity index (χ3v) is 5.13. The summed E-state index contributed by atoms with van der Waals surface area (Å²) in [5, 5.41) is 7.61. The number of carbonyl (C=O) groups excluding carboxylic acids is 1. The Morgan fingerprint density at radius 3 is 2.78 bits per heavy atom. The highest BCUT2D eigenvalue weighted by Gasteiger charge is 2.38. The van der Waals surface area contributed by atoms with Crippen LogP contribution < -0.4 is 5.32 Å². The summed E-state index contributed by atoms with van der Waals surface area (Å²) in [6, 6.07) is 0.447. The summed E-state index contributed by atoms with van der Waals surface area (Å²) < 4.78 is 5.34. The van der Waals surface area contributed by atoms with Crippen LogP contribution in [0.5, 0.6) is 0 Å². The number of hydrogen-bond donors (Lipinski definition) is 1. The number of aryl methyl sites for hydroxylation is 1. The fraction of sp³-hybridized carbons (Fsp3) is 0.824. The molecule has 2 aliphatic rings. The minimum Gasteiger partial charge on any atom is -0.342 e. The third kappa shape index (κ3) is 3.74. The largest absolute Gasteiger partial charge is 0.342 e. The molecule has 0 bridgehead atoms. The Morgan fingerprint density at radius 1 is 1.39 bits per heavy atom. The molecule has 1 aliphatic heterocycles. The number of piperidine rings is 1. The van der Waals surface area contributed by atoms with Gasteiger partial charge in [-0.05, 0) is 32.1 Å². The first kappa shape index (κ1) is 16.4. The molecule has 1 aromatic heterocycles. The molecule has 1 saturated carbocycles. The quantitative estimate of drug-likeness (QED) is 0.871. The van der Waals surface area contributed by atoms with Crippen LogP contribution in [0.1, 0.15) is 64.2 Å². The predicted molar refractivity (Wildman–Crippen MR) is 86.7 cm³/mol. The van der Waals surface area contributed by atoms with Crippen molar-refractivity contribution < 1.29 is 9.32 Å². The zero-order chi connectivity index (χ0) is 16.4. The smallest absolute Gasteiger partial charge is 0.243 e. The number of carbonyl (C=O) groups is 1. The highest BCUT2D eigenvalue weighted by Crippen LogP contribution is 2.33. The van der Waals surface area contributed by atoms with Gasteiger partial charge in [-0.25, -0.2) is 0 Å². The van der Waals surface area contributed by atoms with Gasteiger partial charge in [-0.1, -0.05) is 25.4 Å². The van der Waals surface area contributed by atoms with Crippen LogP contribution in [0.3, 0.4) is 0 Å². The number of amides is 1. The number of aromatic nitrogens is 2. The van der Waals surface area contributed by atoms with Crippen molar-refractivity contribution in [1.29, 1.82) is 0 Å². The van der Waals surface area contributed by atoms with Crippen LogP contribution in [0, 0.1) is 11.8 Å². The van der Waals surface area contributed by atoms with E-state index >= 15 is 0 Å². The molecule has 128 valence electrons. The topological polar surface area (TPSA) is 71.3 Å². The van der Waals surface area contributed by atoms with Gasteiger partial charge in [0.2, 0.25) is 11.8 Å². The Labute approximate surface area is 138 Å². The van der Waals surface area contributed by atoms with Crippen LogP contribution in [0.25, 0.3) is 0 Å². The first-order valence-electron chi connectivity index (χ1n) is 8.99. The first-order valence-corrected chi connectivity index (χ1v) is 8.99. The molecule has 0 unspecified atom stereocenters. The molecule has 23 heavy (non-hydrogen) atoms. The van der Waals surface area contributed by atoms with Crippen molar-refractivity contribution in [3.63, 3.8) is 0 Å². The molecule has 6 nitrogen and oxygen atoms in total. The maximum Gasteiger partial charge on any atom is 0.243 e. The third-order valence-electron chi connectivity index (χ3n) is 5.13. The van der Waals surface area contributed by atoms with E-state index in [1.54, 1.807) is 0 Å². The molecular weight excluding hydrogens is 292 g/mol. The lowest BCUT2D eigenvalue weighted by molar-refractivity contribution is -0.134. The van der Waals surface area contributed by atoms with Crippen LogP contribution in [-0.2, 0) is 11.2 Å². The molecule has 3 rings (SSSR count). The van der Waals surface area contributed by atoms with Crippen LogP contribution >= 0.6 is 0 Å². The van der Waals surface area contributed by atoms with Gasteiger partial charge in [0.1, 0.15) is 0 Å². The molecule has 0 spiro atoms. The number of rotatable bonds is 6. The summed E-state index contributed by atoms with van der Waals surface area (Å²) >= 11 is 0. The molecule has 1 aromatic rings. The number of nitrogens with one attached hydrogen (secondary N) is 1. The Kier molecular flexibility index (Phi) is 4.99. The summed E-state index contributed by atoms with van der Waals surface area (Å²) in [6.45, 7) is 8.03. The van der Waals surface area contributed by atoms with E-state index in [0.717, 1.165) is 51.0 Å². The monoisotopic (exact) mass is 320 g/mol. The van der Waals surface area contributed by atoms with Gasteiger partial charge in [0.25, 0.3) is 0 Å². The molecular formula is C17H28N4O2. The van der Waals surface area contributed by atoms with Crippen LogP contribution in [0.15, 0.2) is 4.52 Å². The first-order chi connectivity index (χ1) is 11.1. The van der Waals surface area contributed by atoms with Gasteiger partial charge in [-0.2, -0.15) is 4.98 Å². The van der Waals surface area contributed by atoms with Gasteiger partial charge < -0.3 is 14.7 Å². The van der Waals surface area contributed by atoms with Gasteiger partial charge in [-0.3, -0.25) is 4.79 Å². The second kappa shape index (κ2) is 6.99. The van der Waals surface area contributed by atoms with E-state index < -0.39 is 0 Å². The standard InChI is InChI=1S/C17H28N4O2/c1-4-12-10-21(17(22)13-6-7-13)9-8-14(12)18-11(3)16-19-15(5-2)20-23-16/h11-14,18H,4-10H2,1-3H3/t11-,12+,14-/m0/s1. The number of hydrogen-bond acceptors (Lipinski definition) is 5. The van der Waals surface area contributed by atoms with Crippen molar-refractivity contribution in [2.45, 2.75) is 65.0 Å². The molecule has 2 heterocycles. The van der Waals surface area contributed by atoms with Gasteiger partial charge in [0.15, 0.2) is 5.82 Å². The maximum atomic E-state index is 12.3. The summed E-state index contributed by atoms with van der Waals surface area (Å²) in [5.74, 6) is 2.60. The van der Waals surface area contributed by atoms with E-state index in [1.165, 1.54) is 0 Å². The summed E-state index contributed by atoms with van der Waals surface area (Å²) in [7, 11) is 0. The summed E-state index contributed by atoms with van der Waals surface area (Å²) in [5.41, 5.74) is 0. The fourth-order valence-corrected chi connectivity index (χ4v) is 3.43. The average molecular weight is 320 g/mol. The van der Waals surface area contributed by atoms with Crippen LogP contribution in [-0.4, -0.2) is 40.1 Å². The molecule has 2 fully saturated rings. The van der Waals surface area contributed by atoms with Gasteiger partial charge in [-0.15, -0.1) is 0 Å². The van der Waals surface area contributed by atoms with E-state index in [2.05, 4.69) is 34.2 Å². The SMILES string of the molecule is CCc1noc([C@H](C)N[C@H]2CCN(C(=O)C3CC3)C[C@H]2CC)n1. The lowest BCUT2D eigenvalue weighted by Gasteiger charge is -2.39.